The van der Waals surface area contributed by atoms with E-state index in [1.54, 1.807) is 36.2 Å². The Morgan fingerprint density at radius 3 is 2.83 bits per heavy atom. The fourth-order valence-electron chi connectivity index (χ4n) is 4.12. The van der Waals surface area contributed by atoms with Gasteiger partial charge in [0.15, 0.2) is 0 Å². The number of ether oxygens (including phenoxy) is 1. The summed E-state index contributed by atoms with van der Waals surface area (Å²) in [5.41, 5.74) is 0.376. The van der Waals surface area contributed by atoms with Crippen molar-refractivity contribution < 1.29 is 14.3 Å². The highest BCUT2D eigenvalue weighted by Gasteiger charge is 2.61. The molecule has 6 heteroatoms. The van der Waals surface area contributed by atoms with E-state index in [0.717, 1.165) is 13.0 Å². The van der Waals surface area contributed by atoms with Gasteiger partial charge in [0, 0.05) is 41.7 Å². The first kappa shape index (κ1) is 16.3. The Hall–Kier alpha value is -1.59. The van der Waals surface area contributed by atoms with E-state index in [-0.39, 0.29) is 17.6 Å². The summed E-state index contributed by atoms with van der Waals surface area (Å²) in [7, 11) is 1.70. The molecule has 2 fully saturated rings. The number of hydrogen-bond donors (Lipinski definition) is 1. The molecule has 1 aliphatic heterocycles. The molecule has 0 unspecified atom stereocenters. The summed E-state index contributed by atoms with van der Waals surface area (Å²) in [4.78, 5) is 26.3. The number of nitrogens with zero attached hydrogens (tertiary/aromatic N) is 1. The van der Waals surface area contributed by atoms with Gasteiger partial charge in [-0.1, -0.05) is 31.5 Å². The minimum Gasteiger partial charge on any atom is -0.377 e. The summed E-state index contributed by atoms with van der Waals surface area (Å²) in [5, 5.41) is 3.12. The molecule has 3 atom stereocenters. The van der Waals surface area contributed by atoms with Crippen LogP contribution in [0.5, 0.6) is 0 Å². The van der Waals surface area contributed by atoms with Gasteiger partial charge in [0.25, 0.3) is 0 Å². The molecule has 23 heavy (non-hydrogen) atoms. The first-order chi connectivity index (χ1) is 10.8. The van der Waals surface area contributed by atoms with E-state index in [1.807, 2.05) is 0 Å². The maximum Gasteiger partial charge on any atom is 0.313 e. The van der Waals surface area contributed by atoms with Gasteiger partial charge in [-0.25, -0.2) is 0 Å². The van der Waals surface area contributed by atoms with Crippen molar-refractivity contribution in [1.82, 2.24) is 4.90 Å². The van der Waals surface area contributed by atoms with Crippen LogP contribution in [-0.4, -0.2) is 42.5 Å². The molecule has 2 aliphatic rings. The number of anilines is 1. The Morgan fingerprint density at radius 2 is 2.13 bits per heavy atom. The van der Waals surface area contributed by atoms with E-state index in [2.05, 4.69) is 19.2 Å². The maximum atomic E-state index is 12.5. The standard InChI is InChI=1S/C17H21ClN2O3/c1-17(2)13(12-7-8-23-14(12)17)20(3)16(22)15(21)19-11-6-4-5-10(18)9-11/h4-6,9,12-14H,7-8H2,1-3H3,(H,19,21)/t12-,13-,14-/m1/s1. The molecule has 5 nitrogen and oxygen atoms in total. The summed E-state index contributed by atoms with van der Waals surface area (Å²) < 4.78 is 5.74. The Bertz CT molecular complexity index is 646. The van der Waals surface area contributed by atoms with Crippen LogP contribution < -0.4 is 5.32 Å². The van der Waals surface area contributed by atoms with E-state index in [0.29, 0.717) is 16.6 Å². The lowest BCUT2D eigenvalue weighted by Gasteiger charge is -2.57. The molecular weight excluding hydrogens is 316 g/mol. The predicted octanol–water partition coefficient (Wildman–Crippen LogP) is 2.55. The van der Waals surface area contributed by atoms with E-state index >= 15 is 0 Å². The predicted molar refractivity (Wildman–Crippen MR) is 88.3 cm³/mol. The fourth-order valence-corrected chi connectivity index (χ4v) is 4.31. The average Bonchev–Trinajstić information content (AvgIpc) is 2.92. The van der Waals surface area contributed by atoms with Crippen LogP contribution >= 0.6 is 11.6 Å². The van der Waals surface area contributed by atoms with Crippen LogP contribution in [0.2, 0.25) is 5.02 Å². The van der Waals surface area contributed by atoms with Gasteiger partial charge in [-0.15, -0.1) is 0 Å². The zero-order valence-corrected chi connectivity index (χ0v) is 14.3. The summed E-state index contributed by atoms with van der Waals surface area (Å²) in [6, 6.07) is 6.77. The van der Waals surface area contributed by atoms with E-state index in [9.17, 15) is 9.59 Å². The largest absolute Gasteiger partial charge is 0.377 e. The van der Waals surface area contributed by atoms with Crippen molar-refractivity contribution >= 4 is 29.1 Å². The number of likely N-dealkylation sites (N-methyl/N-ethyl adjacent to an activating group) is 1. The monoisotopic (exact) mass is 336 g/mol. The molecule has 1 saturated carbocycles. The second-order valence-corrected chi connectivity index (χ2v) is 7.33. The molecule has 0 radical (unpaired) electrons. The topological polar surface area (TPSA) is 58.6 Å². The molecule has 0 spiro atoms. The lowest BCUT2D eigenvalue weighted by atomic mass is 9.57. The first-order valence-corrected chi connectivity index (χ1v) is 8.15. The number of benzene rings is 1. The molecule has 1 aromatic rings. The van der Waals surface area contributed by atoms with Crippen LogP contribution in [0.3, 0.4) is 0 Å². The van der Waals surface area contributed by atoms with Crippen molar-refractivity contribution in [3.05, 3.63) is 29.3 Å². The third-order valence-electron chi connectivity index (χ3n) is 5.05. The molecule has 1 aliphatic carbocycles. The zero-order chi connectivity index (χ0) is 16.8. The van der Waals surface area contributed by atoms with Crippen LogP contribution in [0.1, 0.15) is 20.3 Å². The molecule has 2 amide bonds. The number of amides is 2. The van der Waals surface area contributed by atoms with E-state index in [1.165, 1.54) is 0 Å². The number of halogens is 1. The van der Waals surface area contributed by atoms with Gasteiger partial charge in [-0.05, 0) is 24.6 Å². The summed E-state index contributed by atoms with van der Waals surface area (Å²) >= 11 is 5.89. The smallest absolute Gasteiger partial charge is 0.313 e. The number of carbonyl (C=O) groups excluding carboxylic acids is 2. The van der Waals surface area contributed by atoms with Crippen molar-refractivity contribution in [2.45, 2.75) is 32.4 Å². The highest BCUT2D eigenvalue weighted by molar-refractivity contribution is 6.39. The van der Waals surface area contributed by atoms with Crippen LogP contribution in [0, 0.1) is 11.3 Å². The second kappa shape index (κ2) is 5.80. The summed E-state index contributed by atoms with van der Waals surface area (Å²) in [6.45, 7) is 4.90. The summed E-state index contributed by atoms with van der Waals surface area (Å²) in [5.74, 6) is -0.862. The lowest BCUT2D eigenvalue weighted by Crippen LogP contribution is -2.67. The SMILES string of the molecule is CN(C(=O)C(=O)Nc1cccc(Cl)c1)[C@@H]1[C@H]2CCO[C@H]2C1(C)C. The number of carbonyl (C=O) groups is 2. The zero-order valence-electron chi connectivity index (χ0n) is 13.5. The quantitative estimate of drug-likeness (QED) is 0.844. The molecule has 1 saturated heterocycles. The van der Waals surface area contributed by atoms with Crippen molar-refractivity contribution in [2.24, 2.45) is 11.3 Å². The second-order valence-electron chi connectivity index (χ2n) is 6.89. The fraction of sp³-hybridized carbons (Fsp3) is 0.529. The molecule has 1 aromatic carbocycles. The number of nitrogens with one attached hydrogen (secondary N) is 1. The first-order valence-electron chi connectivity index (χ1n) is 7.77. The molecule has 0 bridgehead atoms. The number of rotatable bonds is 2. The maximum absolute atomic E-state index is 12.5. The molecular formula is C17H21ClN2O3. The van der Waals surface area contributed by atoms with Crippen LogP contribution in [0.4, 0.5) is 5.69 Å². The van der Waals surface area contributed by atoms with E-state index in [4.69, 9.17) is 16.3 Å². The van der Waals surface area contributed by atoms with Crippen molar-refractivity contribution in [2.75, 3.05) is 19.0 Å². The van der Waals surface area contributed by atoms with Gasteiger partial charge in [-0.3, -0.25) is 9.59 Å². The highest BCUT2D eigenvalue weighted by Crippen LogP contribution is 2.54. The van der Waals surface area contributed by atoms with Gasteiger partial charge in [0.2, 0.25) is 0 Å². The Labute approximate surface area is 140 Å². The third-order valence-corrected chi connectivity index (χ3v) is 5.29. The molecule has 1 heterocycles. The van der Waals surface area contributed by atoms with Crippen molar-refractivity contribution in [3.8, 4) is 0 Å². The molecule has 1 N–H and O–H groups in total. The third kappa shape index (κ3) is 2.72. The van der Waals surface area contributed by atoms with Gasteiger partial charge < -0.3 is 15.0 Å². The minimum atomic E-state index is -0.645. The minimum absolute atomic E-state index is 0.0209. The normalized spacial score (nSPS) is 27.7. The molecule has 0 aromatic heterocycles. The van der Waals surface area contributed by atoms with E-state index < -0.39 is 11.8 Å². The van der Waals surface area contributed by atoms with Crippen molar-refractivity contribution in [1.29, 1.82) is 0 Å². The molecule has 3 rings (SSSR count). The van der Waals surface area contributed by atoms with Gasteiger partial charge in [-0.2, -0.15) is 0 Å². The average molecular weight is 337 g/mol. The number of fused-ring (bicyclic) bond motifs is 1. The number of hydrogen-bond acceptors (Lipinski definition) is 3. The Balaban J connectivity index is 1.69. The van der Waals surface area contributed by atoms with Crippen LogP contribution in [-0.2, 0) is 14.3 Å². The van der Waals surface area contributed by atoms with Gasteiger partial charge in [0.05, 0.1) is 6.10 Å². The lowest BCUT2D eigenvalue weighted by molar-refractivity contribution is -0.169. The summed E-state index contributed by atoms with van der Waals surface area (Å²) in [6.07, 6.45) is 1.12. The van der Waals surface area contributed by atoms with Crippen molar-refractivity contribution in [3.63, 3.8) is 0 Å². The Kier molecular flexibility index (Phi) is 4.10. The van der Waals surface area contributed by atoms with Gasteiger partial charge >= 0.3 is 11.8 Å². The van der Waals surface area contributed by atoms with Crippen LogP contribution in [0.25, 0.3) is 0 Å². The molecule has 124 valence electrons. The van der Waals surface area contributed by atoms with Crippen LogP contribution in [0.15, 0.2) is 24.3 Å². The highest BCUT2D eigenvalue weighted by atomic mass is 35.5. The Morgan fingerprint density at radius 1 is 1.39 bits per heavy atom. The van der Waals surface area contributed by atoms with Gasteiger partial charge in [0.1, 0.15) is 0 Å².